The highest BCUT2D eigenvalue weighted by Gasteiger charge is 2.20. The minimum atomic E-state index is -0.239. The SMILES string of the molecule is COc1ccc(Br)cc1/C=C1\NC(=S)NC1=O. The summed E-state index contributed by atoms with van der Waals surface area (Å²) in [5.41, 5.74) is 1.20. The Morgan fingerprint density at radius 1 is 1.41 bits per heavy atom. The number of carbonyl (C=O) groups is 1. The maximum Gasteiger partial charge on any atom is 0.273 e. The average Bonchev–Trinajstić information content (AvgIpc) is 2.58. The summed E-state index contributed by atoms with van der Waals surface area (Å²) in [5, 5.41) is 5.60. The number of halogens is 1. The van der Waals surface area contributed by atoms with Gasteiger partial charge in [0, 0.05) is 10.0 Å². The molecule has 1 fully saturated rings. The molecule has 1 aromatic rings. The number of carbonyl (C=O) groups excluding carboxylic acids is 1. The molecule has 1 aliphatic heterocycles. The van der Waals surface area contributed by atoms with Crippen molar-refractivity contribution in [1.29, 1.82) is 0 Å². The quantitative estimate of drug-likeness (QED) is 0.646. The molecule has 1 amide bonds. The van der Waals surface area contributed by atoms with Crippen molar-refractivity contribution < 1.29 is 9.53 Å². The van der Waals surface area contributed by atoms with E-state index in [1.54, 1.807) is 13.2 Å². The molecule has 6 heteroatoms. The zero-order chi connectivity index (χ0) is 12.4. The Morgan fingerprint density at radius 2 is 2.18 bits per heavy atom. The highest BCUT2D eigenvalue weighted by molar-refractivity contribution is 9.10. The number of nitrogens with one attached hydrogen (secondary N) is 2. The standard InChI is InChI=1S/C11H9BrN2O2S/c1-16-9-3-2-7(12)4-6(9)5-8-10(15)14-11(17)13-8/h2-5H,1H3,(H2,13,14,15,17)/b8-5-. The number of methoxy groups -OCH3 is 1. The third-order valence-electron chi connectivity index (χ3n) is 2.21. The molecule has 0 atom stereocenters. The third-order valence-corrected chi connectivity index (χ3v) is 2.91. The van der Waals surface area contributed by atoms with Gasteiger partial charge in [0.1, 0.15) is 11.4 Å². The smallest absolute Gasteiger partial charge is 0.273 e. The van der Waals surface area contributed by atoms with E-state index < -0.39 is 0 Å². The first-order valence-corrected chi connectivity index (χ1v) is 5.98. The predicted octanol–water partition coefficient (Wildman–Crippen LogP) is 1.80. The molecule has 0 saturated carbocycles. The number of hydrogen-bond acceptors (Lipinski definition) is 3. The lowest BCUT2D eigenvalue weighted by molar-refractivity contribution is -0.115. The second kappa shape index (κ2) is 4.85. The highest BCUT2D eigenvalue weighted by atomic mass is 79.9. The molecule has 88 valence electrons. The van der Waals surface area contributed by atoms with Crippen LogP contribution in [0.5, 0.6) is 5.75 Å². The normalized spacial score (nSPS) is 16.9. The van der Waals surface area contributed by atoms with Crippen LogP contribution in [0.1, 0.15) is 5.56 Å². The van der Waals surface area contributed by atoms with Crippen molar-refractivity contribution in [1.82, 2.24) is 10.6 Å². The fraction of sp³-hybridized carbons (Fsp3) is 0.0909. The molecular formula is C11H9BrN2O2S. The summed E-state index contributed by atoms with van der Waals surface area (Å²) in [6, 6.07) is 5.55. The molecule has 0 aliphatic carbocycles. The van der Waals surface area contributed by atoms with E-state index in [0.29, 0.717) is 16.6 Å². The summed E-state index contributed by atoms with van der Waals surface area (Å²) >= 11 is 8.22. The molecule has 2 N–H and O–H groups in total. The largest absolute Gasteiger partial charge is 0.496 e. The average molecular weight is 313 g/mol. The number of hydrogen-bond donors (Lipinski definition) is 2. The lowest BCUT2D eigenvalue weighted by atomic mass is 10.1. The summed E-state index contributed by atoms with van der Waals surface area (Å²) < 4.78 is 6.12. The van der Waals surface area contributed by atoms with E-state index in [-0.39, 0.29) is 5.91 Å². The summed E-state index contributed by atoms with van der Waals surface area (Å²) in [5.74, 6) is 0.449. The number of rotatable bonds is 2. The highest BCUT2D eigenvalue weighted by Crippen LogP contribution is 2.25. The van der Waals surface area contributed by atoms with Crippen molar-refractivity contribution >= 4 is 45.2 Å². The van der Waals surface area contributed by atoms with Crippen molar-refractivity contribution in [2.45, 2.75) is 0 Å². The molecule has 0 bridgehead atoms. The van der Waals surface area contributed by atoms with Crippen molar-refractivity contribution in [3.63, 3.8) is 0 Å². The van der Waals surface area contributed by atoms with E-state index in [1.165, 1.54) is 0 Å². The lowest BCUT2D eigenvalue weighted by Gasteiger charge is -2.05. The second-order valence-corrected chi connectivity index (χ2v) is 4.68. The Balaban J connectivity index is 2.41. The fourth-order valence-electron chi connectivity index (χ4n) is 1.46. The lowest BCUT2D eigenvalue weighted by Crippen LogP contribution is -2.21. The minimum absolute atomic E-state index is 0.239. The number of benzene rings is 1. The van der Waals surface area contributed by atoms with Crippen LogP contribution in [-0.2, 0) is 4.79 Å². The van der Waals surface area contributed by atoms with Crippen LogP contribution in [0.2, 0.25) is 0 Å². The van der Waals surface area contributed by atoms with E-state index in [0.717, 1.165) is 10.0 Å². The number of amides is 1. The Hall–Kier alpha value is -1.40. The first kappa shape index (κ1) is 12.1. The zero-order valence-electron chi connectivity index (χ0n) is 8.91. The molecule has 1 heterocycles. The van der Waals surface area contributed by atoms with Gasteiger partial charge in [-0.1, -0.05) is 15.9 Å². The van der Waals surface area contributed by atoms with Gasteiger partial charge in [0.25, 0.3) is 5.91 Å². The van der Waals surface area contributed by atoms with Gasteiger partial charge in [-0.25, -0.2) is 0 Å². The molecule has 1 aliphatic rings. The van der Waals surface area contributed by atoms with Crippen LogP contribution in [0.25, 0.3) is 6.08 Å². The van der Waals surface area contributed by atoms with Gasteiger partial charge in [0.2, 0.25) is 0 Å². The zero-order valence-corrected chi connectivity index (χ0v) is 11.3. The van der Waals surface area contributed by atoms with Gasteiger partial charge in [-0.3, -0.25) is 10.1 Å². The van der Waals surface area contributed by atoms with Crippen LogP contribution in [0.3, 0.4) is 0 Å². The molecule has 1 saturated heterocycles. The first-order valence-electron chi connectivity index (χ1n) is 4.77. The third kappa shape index (κ3) is 2.65. The molecule has 4 nitrogen and oxygen atoms in total. The molecule has 0 spiro atoms. The van der Waals surface area contributed by atoms with Gasteiger partial charge in [-0.05, 0) is 36.5 Å². The molecular weight excluding hydrogens is 304 g/mol. The molecule has 0 radical (unpaired) electrons. The molecule has 1 aromatic carbocycles. The number of thiocarbonyl (C=S) groups is 1. The van der Waals surface area contributed by atoms with Crippen molar-refractivity contribution in [3.8, 4) is 5.75 Å². The molecule has 0 unspecified atom stereocenters. The summed E-state index contributed by atoms with van der Waals surface area (Å²) in [6.45, 7) is 0. The Labute approximate surface area is 112 Å². The van der Waals surface area contributed by atoms with Crippen molar-refractivity contribution in [2.24, 2.45) is 0 Å². The van der Waals surface area contributed by atoms with E-state index in [4.69, 9.17) is 17.0 Å². The van der Waals surface area contributed by atoms with E-state index in [2.05, 4.69) is 26.6 Å². The van der Waals surface area contributed by atoms with Crippen LogP contribution in [-0.4, -0.2) is 18.1 Å². The van der Waals surface area contributed by atoms with Crippen LogP contribution >= 0.6 is 28.1 Å². The van der Waals surface area contributed by atoms with E-state index >= 15 is 0 Å². The Morgan fingerprint density at radius 3 is 2.76 bits per heavy atom. The predicted molar refractivity (Wildman–Crippen MR) is 72.5 cm³/mol. The molecule has 17 heavy (non-hydrogen) atoms. The van der Waals surface area contributed by atoms with Gasteiger partial charge in [-0.2, -0.15) is 0 Å². The van der Waals surface area contributed by atoms with Gasteiger partial charge >= 0.3 is 0 Å². The first-order chi connectivity index (χ1) is 8.10. The fourth-order valence-corrected chi connectivity index (χ4v) is 2.04. The van der Waals surface area contributed by atoms with Crippen LogP contribution in [0.15, 0.2) is 28.4 Å². The molecule has 2 rings (SSSR count). The summed E-state index contributed by atoms with van der Waals surface area (Å²) in [4.78, 5) is 11.5. The Kier molecular flexibility index (Phi) is 3.44. The van der Waals surface area contributed by atoms with E-state index in [9.17, 15) is 4.79 Å². The van der Waals surface area contributed by atoms with E-state index in [1.807, 2.05) is 18.2 Å². The minimum Gasteiger partial charge on any atom is -0.496 e. The second-order valence-electron chi connectivity index (χ2n) is 3.35. The van der Waals surface area contributed by atoms with Crippen molar-refractivity contribution in [3.05, 3.63) is 33.9 Å². The van der Waals surface area contributed by atoms with Gasteiger partial charge in [0.05, 0.1) is 7.11 Å². The summed E-state index contributed by atoms with van der Waals surface area (Å²) in [7, 11) is 1.58. The van der Waals surface area contributed by atoms with Gasteiger partial charge in [-0.15, -0.1) is 0 Å². The topological polar surface area (TPSA) is 50.4 Å². The van der Waals surface area contributed by atoms with Crippen LogP contribution in [0, 0.1) is 0 Å². The van der Waals surface area contributed by atoms with Gasteiger partial charge in [0.15, 0.2) is 5.11 Å². The Bertz CT molecular complexity index is 528. The maximum atomic E-state index is 11.5. The molecule has 0 aromatic heterocycles. The monoisotopic (exact) mass is 312 g/mol. The summed E-state index contributed by atoms with van der Waals surface area (Å²) in [6.07, 6.45) is 1.69. The number of ether oxygens (including phenoxy) is 1. The van der Waals surface area contributed by atoms with Crippen LogP contribution in [0.4, 0.5) is 0 Å². The maximum absolute atomic E-state index is 11.5. The van der Waals surface area contributed by atoms with Gasteiger partial charge < -0.3 is 10.1 Å². The van der Waals surface area contributed by atoms with Crippen LogP contribution < -0.4 is 15.4 Å². The van der Waals surface area contributed by atoms with Crippen molar-refractivity contribution in [2.75, 3.05) is 7.11 Å².